The molecular formula is C16H18N2O2. The van der Waals surface area contributed by atoms with Crippen LogP contribution in [0.3, 0.4) is 0 Å². The molecule has 2 aromatic rings. The molecule has 0 aliphatic heterocycles. The summed E-state index contributed by atoms with van der Waals surface area (Å²) in [5.74, 6) is -0.131. The largest absolute Gasteiger partial charge is 0.336 e. The molecule has 0 spiro atoms. The lowest BCUT2D eigenvalue weighted by Crippen LogP contribution is -2.20. The van der Waals surface area contributed by atoms with Crippen LogP contribution in [0.25, 0.3) is 0 Å². The highest BCUT2D eigenvalue weighted by Crippen LogP contribution is 2.21. The molecule has 1 aromatic carbocycles. The summed E-state index contributed by atoms with van der Waals surface area (Å²) in [7, 11) is 0. The van der Waals surface area contributed by atoms with Crippen molar-refractivity contribution >= 4 is 17.9 Å². The van der Waals surface area contributed by atoms with Crippen LogP contribution in [-0.4, -0.2) is 16.8 Å². The average Bonchev–Trinajstić information content (AvgIpc) is 2.88. The molecule has 2 rings (SSSR count). The number of nitrogens with zero attached hydrogens (tertiary/aromatic N) is 1. The number of rotatable bonds is 5. The maximum atomic E-state index is 12.1. The highest BCUT2D eigenvalue weighted by Gasteiger charge is 2.10. The van der Waals surface area contributed by atoms with Gasteiger partial charge in [0, 0.05) is 11.9 Å². The predicted molar refractivity (Wildman–Crippen MR) is 79.0 cm³/mol. The van der Waals surface area contributed by atoms with Crippen molar-refractivity contribution in [3.05, 3.63) is 53.3 Å². The molecule has 0 bridgehead atoms. The zero-order valence-corrected chi connectivity index (χ0v) is 11.7. The molecule has 0 fully saturated rings. The lowest BCUT2D eigenvalue weighted by atomic mass is 10.1. The maximum Gasteiger partial charge on any atom is 0.244 e. The van der Waals surface area contributed by atoms with E-state index >= 15 is 0 Å². The van der Waals surface area contributed by atoms with E-state index < -0.39 is 0 Å². The predicted octanol–water partition coefficient (Wildman–Crippen LogP) is 2.81. The van der Waals surface area contributed by atoms with Gasteiger partial charge in [0.2, 0.25) is 5.91 Å². The number of carbonyl (C=O) groups excluding carboxylic acids is 2. The second-order valence-corrected chi connectivity index (χ2v) is 4.69. The Hall–Kier alpha value is -2.36. The fourth-order valence-electron chi connectivity index (χ4n) is 2.21. The van der Waals surface area contributed by atoms with E-state index in [0.717, 1.165) is 29.5 Å². The van der Waals surface area contributed by atoms with E-state index in [1.807, 2.05) is 25.1 Å². The SMILES string of the molecule is CCc1cccc(C)c1NC(=O)Cn1cccc1C=O. The summed E-state index contributed by atoms with van der Waals surface area (Å²) in [6.07, 6.45) is 3.33. The maximum absolute atomic E-state index is 12.1. The monoisotopic (exact) mass is 270 g/mol. The fourth-order valence-corrected chi connectivity index (χ4v) is 2.21. The van der Waals surface area contributed by atoms with Gasteiger partial charge in [-0.15, -0.1) is 0 Å². The van der Waals surface area contributed by atoms with Crippen molar-refractivity contribution < 1.29 is 9.59 Å². The van der Waals surface area contributed by atoms with Crippen molar-refractivity contribution in [1.29, 1.82) is 0 Å². The minimum Gasteiger partial charge on any atom is -0.336 e. The number of aldehydes is 1. The third kappa shape index (κ3) is 2.96. The first kappa shape index (κ1) is 14.1. The van der Waals surface area contributed by atoms with Crippen molar-refractivity contribution in [3.63, 3.8) is 0 Å². The number of amides is 1. The van der Waals surface area contributed by atoms with E-state index in [-0.39, 0.29) is 12.5 Å². The summed E-state index contributed by atoms with van der Waals surface area (Å²) in [5.41, 5.74) is 3.53. The number of hydrogen-bond acceptors (Lipinski definition) is 2. The van der Waals surface area contributed by atoms with Crippen molar-refractivity contribution in [3.8, 4) is 0 Å². The van der Waals surface area contributed by atoms with Crippen LogP contribution in [0.15, 0.2) is 36.5 Å². The molecule has 104 valence electrons. The standard InChI is InChI=1S/C16H18N2O2/c1-3-13-7-4-6-12(2)16(13)17-15(20)10-18-9-5-8-14(18)11-19/h4-9,11H,3,10H2,1-2H3,(H,17,20). The third-order valence-electron chi connectivity index (χ3n) is 3.30. The molecule has 0 radical (unpaired) electrons. The summed E-state index contributed by atoms with van der Waals surface area (Å²) in [6.45, 7) is 4.17. The van der Waals surface area contributed by atoms with Gasteiger partial charge in [-0.1, -0.05) is 25.1 Å². The first-order chi connectivity index (χ1) is 9.65. The summed E-state index contributed by atoms with van der Waals surface area (Å²) >= 11 is 0. The average molecular weight is 270 g/mol. The van der Waals surface area contributed by atoms with Crippen molar-refractivity contribution in [2.75, 3.05) is 5.32 Å². The lowest BCUT2D eigenvalue weighted by Gasteiger charge is -2.13. The highest BCUT2D eigenvalue weighted by atomic mass is 16.2. The Kier molecular flexibility index (Phi) is 4.35. The molecule has 4 nitrogen and oxygen atoms in total. The molecule has 4 heteroatoms. The van der Waals surface area contributed by atoms with E-state index in [1.54, 1.807) is 22.9 Å². The summed E-state index contributed by atoms with van der Waals surface area (Å²) in [4.78, 5) is 23.0. The zero-order chi connectivity index (χ0) is 14.5. The smallest absolute Gasteiger partial charge is 0.244 e. The molecule has 0 aliphatic rings. The molecule has 0 unspecified atom stereocenters. The molecule has 1 N–H and O–H groups in total. The van der Waals surface area contributed by atoms with Gasteiger partial charge in [-0.3, -0.25) is 9.59 Å². The molecule has 0 atom stereocenters. The van der Waals surface area contributed by atoms with Crippen molar-refractivity contribution in [2.24, 2.45) is 0 Å². The number of para-hydroxylation sites is 1. The van der Waals surface area contributed by atoms with E-state index in [2.05, 4.69) is 12.2 Å². The van der Waals surface area contributed by atoms with E-state index in [1.165, 1.54) is 0 Å². The van der Waals surface area contributed by atoms with Crippen LogP contribution in [0.4, 0.5) is 5.69 Å². The summed E-state index contributed by atoms with van der Waals surface area (Å²) in [6, 6.07) is 9.41. The first-order valence-corrected chi connectivity index (χ1v) is 6.64. The molecule has 1 amide bonds. The Morgan fingerprint density at radius 1 is 1.30 bits per heavy atom. The summed E-state index contributed by atoms with van der Waals surface area (Å²) < 4.78 is 1.63. The minimum absolute atomic E-state index is 0.131. The van der Waals surface area contributed by atoms with Gasteiger partial charge in [0.1, 0.15) is 6.54 Å². The first-order valence-electron chi connectivity index (χ1n) is 6.64. The van der Waals surface area contributed by atoms with Crippen LogP contribution in [-0.2, 0) is 17.8 Å². The molecule has 1 aromatic heterocycles. The number of hydrogen-bond donors (Lipinski definition) is 1. The number of nitrogens with one attached hydrogen (secondary N) is 1. The van der Waals surface area contributed by atoms with Gasteiger partial charge >= 0.3 is 0 Å². The number of aromatic nitrogens is 1. The van der Waals surface area contributed by atoms with Gasteiger partial charge in [-0.05, 0) is 36.6 Å². The topological polar surface area (TPSA) is 51.1 Å². The minimum atomic E-state index is -0.131. The Balaban J connectivity index is 2.14. The van der Waals surface area contributed by atoms with Gasteiger partial charge in [-0.2, -0.15) is 0 Å². The van der Waals surface area contributed by atoms with Crippen LogP contribution in [0.1, 0.15) is 28.5 Å². The number of carbonyl (C=O) groups is 2. The Labute approximate surface area is 118 Å². The lowest BCUT2D eigenvalue weighted by molar-refractivity contribution is -0.116. The highest BCUT2D eigenvalue weighted by molar-refractivity contribution is 5.92. The zero-order valence-electron chi connectivity index (χ0n) is 11.7. The second kappa shape index (κ2) is 6.19. The summed E-state index contributed by atoms with van der Waals surface area (Å²) in [5, 5.41) is 2.94. The quantitative estimate of drug-likeness (QED) is 0.849. The second-order valence-electron chi connectivity index (χ2n) is 4.69. The normalized spacial score (nSPS) is 10.3. The Morgan fingerprint density at radius 3 is 2.80 bits per heavy atom. The van der Waals surface area contributed by atoms with Crippen LogP contribution in [0.5, 0.6) is 0 Å². The Bertz CT molecular complexity index is 629. The van der Waals surface area contributed by atoms with Crippen LogP contribution < -0.4 is 5.32 Å². The molecule has 0 saturated heterocycles. The van der Waals surface area contributed by atoms with E-state index in [4.69, 9.17) is 0 Å². The van der Waals surface area contributed by atoms with Gasteiger partial charge in [-0.25, -0.2) is 0 Å². The number of aryl methyl sites for hydroxylation is 2. The van der Waals surface area contributed by atoms with E-state index in [9.17, 15) is 9.59 Å². The molecule has 1 heterocycles. The van der Waals surface area contributed by atoms with Crippen LogP contribution >= 0.6 is 0 Å². The Morgan fingerprint density at radius 2 is 2.10 bits per heavy atom. The molecular weight excluding hydrogens is 252 g/mol. The van der Waals surface area contributed by atoms with Crippen LogP contribution in [0.2, 0.25) is 0 Å². The van der Waals surface area contributed by atoms with E-state index in [0.29, 0.717) is 5.69 Å². The molecule has 20 heavy (non-hydrogen) atoms. The van der Waals surface area contributed by atoms with Gasteiger partial charge in [0.05, 0.1) is 5.69 Å². The van der Waals surface area contributed by atoms with Crippen molar-refractivity contribution in [1.82, 2.24) is 4.57 Å². The van der Waals surface area contributed by atoms with Crippen LogP contribution in [0, 0.1) is 6.92 Å². The molecule has 0 aliphatic carbocycles. The third-order valence-corrected chi connectivity index (χ3v) is 3.30. The van der Waals surface area contributed by atoms with Gasteiger partial charge in [0.15, 0.2) is 6.29 Å². The molecule has 0 saturated carbocycles. The van der Waals surface area contributed by atoms with Gasteiger partial charge in [0.25, 0.3) is 0 Å². The van der Waals surface area contributed by atoms with Crippen molar-refractivity contribution in [2.45, 2.75) is 26.8 Å². The number of anilines is 1. The fraction of sp³-hybridized carbons (Fsp3) is 0.250. The number of benzene rings is 1. The van der Waals surface area contributed by atoms with Gasteiger partial charge < -0.3 is 9.88 Å².